The van der Waals surface area contributed by atoms with Crippen LogP contribution in [-0.2, 0) is 24.3 Å². The topological polar surface area (TPSA) is 50.6 Å². The molecule has 2 aromatic carbocycles. The Morgan fingerprint density at radius 2 is 1.66 bits per heavy atom. The first kappa shape index (κ1) is 27.6. The zero-order chi connectivity index (χ0) is 26.8. The Morgan fingerprint density at radius 3 is 2.34 bits per heavy atom. The van der Waals surface area contributed by atoms with E-state index in [1.807, 2.05) is 23.1 Å². The van der Waals surface area contributed by atoms with Crippen LogP contribution in [0.25, 0.3) is 11.3 Å². The summed E-state index contributed by atoms with van der Waals surface area (Å²) in [6, 6.07) is 11.0. The van der Waals surface area contributed by atoms with Gasteiger partial charge >= 0.3 is 0 Å². The van der Waals surface area contributed by atoms with Crippen LogP contribution in [0.5, 0.6) is 5.75 Å². The van der Waals surface area contributed by atoms with E-state index in [4.69, 9.17) is 56.2 Å². The number of nitrogens with zero attached hydrogens (tertiary/aromatic N) is 4. The molecule has 1 aromatic heterocycles. The van der Waals surface area contributed by atoms with Crippen LogP contribution >= 0.6 is 46.4 Å². The van der Waals surface area contributed by atoms with Gasteiger partial charge in [0.2, 0.25) is 5.91 Å². The van der Waals surface area contributed by atoms with Gasteiger partial charge < -0.3 is 14.5 Å². The number of fused-ring (bicyclic) bond motifs is 1. The Bertz CT molecular complexity index is 1320. The number of ether oxygens (including phenoxy) is 1. The summed E-state index contributed by atoms with van der Waals surface area (Å²) in [5.41, 5.74) is 4.11. The van der Waals surface area contributed by atoms with E-state index in [2.05, 4.69) is 9.58 Å². The number of amides is 1. The number of carbonyl (C=O) groups is 1. The molecule has 0 radical (unpaired) electrons. The van der Waals surface area contributed by atoms with E-state index in [-0.39, 0.29) is 12.0 Å². The van der Waals surface area contributed by atoms with Crippen molar-refractivity contribution in [2.24, 2.45) is 0 Å². The van der Waals surface area contributed by atoms with Gasteiger partial charge in [-0.2, -0.15) is 5.10 Å². The van der Waals surface area contributed by atoms with Crippen molar-refractivity contribution in [1.82, 2.24) is 19.6 Å². The van der Waals surface area contributed by atoms with Gasteiger partial charge in [-0.1, -0.05) is 52.5 Å². The van der Waals surface area contributed by atoms with E-state index >= 15 is 0 Å². The standard InChI is InChI=1S/C28H30Cl4N4O2/c1-18(37)35-14-9-27-22(17-35)28(19-3-5-23(29)25(31)15-19)33-36(27)11-2-10-34-12-7-20(8-13-34)38-21-4-6-24(30)26(32)16-21/h3-6,15-16,20H,2,7-14,17H2,1H3. The lowest BCUT2D eigenvalue weighted by Crippen LogP contribution is -2.39. The largest absolute Gasteiger partial charge is 0.490 e. The molecular weight excluding hydrogens is 566 g/mol. The molecule has 0 bridgehead atoms. The van der Waals surface area contributed by atoms with Crippen molar-refractivity contribution in [3.8, 4) is 17.0 Å². The van der Waals surface area contributed by atoms with Gasteiger partial charge in [-0.25, -0.2) is 0 Å². The predicted molar refractivity (Wildman–Crippen MR) is 154 cm³/mol. The molecule has 3 heterocycles. The molecule has 2 aliphatic heterocycles. The lowest BCUT2D eigenvalue weighted by molar-refractivity contribution is -0.129. The quantitative estimate of drug-likeness (QED) is 0.295. The molecule has 5 rings (SSSR count). The summed E-state index contributed by atoms with van der Waals surface area (Å²) in [7, 11) is 0. The summed E-state index contributed by atoms with van der Waals surface area (Å²) >= 11 is 24.6. The first-order valence-corrected chi connectivity index (χ1v) is 14.4. The second-order valence-corrected chi connectivity index (χ2v) is 11.5. The predicted octanol–water partition coefficient (Wildman–Crippen LogP) is 7.00. The highest BCUT2D eigenvalue weighted by Gasteiger charge is 2.27. The summed E-state index contributed by atoms with van der Waals surface area (Å²) < 4.78 is 8.26. The fourth-order valence-corrected chi connectivity index (χ4v) is 5.84. The summed E-state index contributed by atoms with van der Waals surface area (Å²) in [4.78, 5) is 16.5. The number of hydrogen-bond donors (Lipinski definition) is 0. The molecule has 2 aliphatic rings. The second-order valence-electron chi connectivity index (χ2n) is 9.90. The van der Waals surface area contributed by atoms with Gasteiger partial charge in [-0.05, 0) is 50.1 Å². The molecule has 6 nitrogen and oxygen atoms in total. The Labute approximate surface area is 243 Å². The average molecular weight is 596 g/mol. The maximum Gasteiger partial charge on any atom is 0.219 e. The molecule has 10 heteroatoms. The van der Waals surface area contributed by atoms with E-state index in [9.17, 15) is 4.79 Å². The zero-order valence-electron chi connectivity index (χ0n) is 21.2. The lowest BCUT2D eigenvalue weighted by Gasteiger charge is -2.32. The number of halogens is 4. The number of piperidine rings is 1. The molecule has 0 spiro atoms. The van der Waals surface area contributed by atoms with Crippen molar-refractivity contribution in [1.29, 1.82) is 0 Å². The summed E-state index contributed by atoms with van der Waals surface area (Å²) in [6.07, 6.45) is 3.91. The highest BCUT2D eigenvalue weighted by Crippen LogP contribution is 2.34. The van der Waals surface area contributed by atoms with Crippen molar-refractivity contribution in [3.05, 3.63) is 67.7 Å². The highest BCUT2D eigenvalue weighted by molar-refractivity contribution is 6.42. The number of benzene rings is 2. The van der Waals surface area contributed by atoms with Crippen molar-refractivity contribution < 1.29 is 9.53 Å². The third kappa shape index (κ3) is 6.26. The lowest BCUT2D eigenvalue weighted by atomic mass is 10.0. The van der Waals surface area contributed by atoms with Crippen LogP contribution in [0.1, 0.15) is 37.4 Å². The molecule has 0 aliphatic carbocycles. The number of carbonyl (C=O) groups excluding carboxylic acids is 1. The van der Waals surface area contributed by atoms with Crippen molar-refractivity contribution in [2.75, 3.05) is 26.2 Å². The first-order valence-electron chi connectivity index (χ1n) is 12.9. The Hall–Kier alpha value is -1.96. The second kappa shape index (κ2) is 12.1. The van der Waals surface area contributed by atoms with Crippen LogP contribution in [0.3, 0.4) is 0 Å². The molecule has 202 valence electrons. The fraction of sp³-hybridized carbons (Fsp3) is 0.429. The maximum absolute atomic E-state index is 12.1. The number of aromatic nitrogens is 2. The molecule has 1 amide bonds. The minimum atomic E-state index is 0.0787. The molecule has 1 fully saturated rings. The van der Waals surface area contributed by atoms with Crippen molar-refractivity contribution >= 4 is 52.3 Å². The monoisotopic (exact) mass is 594 g/mol. The van der Waals surface area contributed by atoms with Gasteiger partial charge in [0, 0.05) is 69.0 Å². The van der Waals surface area contributed by atoms with Gasteiger partial charge in [0.05, 0.1) is 25.8 Å². The van der Waals surface area contributed by atoms with Crippen LogP contribution in [-0.4, -0.2) is 57.8 Å². The van der Waals surface area contributed by atoms with Gasteiger partial charge in [-0.3, -0.25) is 9.48 Å². The first-order chi connectivity index (χ1) is 18.3. The summed E-state index contributed by atoms with van der Waals surface area (Å²) in [6.45, 7) is 6.69. The van der Waals surface area contributed by atoms with Crippen LogP contribution < -0.4 is 4.74 Å². The number of likely N-dealkylation sites (tertiary alicyclic amines) is 1. The fourth-order valence-electron chi connectivity index (χ4n) is 5.26. The van der Waals surface area contributed by atoms with E-state index in [1.165, 1.54) is 5.69 Å². The van der Waals surface area contributed by atoms with Crippen LogP contribution in [0, 0.1) is 0 Å². The van der Waals surface area contributed by atoms with E-state index in [0.29, 0.717) is 33.2 Å². The van der Waals surface area contributed by atoms with E-state index < -0.39 is 0 Å². The van der Waals surface area contributed by atoms with Crippen molar-refractivity contribution in [3.63, 3.8) is 0 Å². The van der Waals surface area contributed by atoms with Crippen LogP contribution in [0.4, 0.5) is 0 Å². The summed E-state index contributed by atoms with van der Waals surface area (Å²) in [5.74, 6) is 0.845. The maximum atomic E-state index is 12.1. The zero-order valence-corrected chi connectivity index (χ0v) is 24.3. The third-order valence-electron chi connectivity index (χ3n) is 7.35. The van der Waals surface area contributed by atoms with Gasteiger partial charge in [-0.15, -0.1) is 0 Å². The smallest absolute Gasteiger partial charge is 0.219 e. The summed E-state index contributed by atoms with van der Waals surface area (Å²) in [5, 5.41) is 7.06. The number of hydrogen-bond acceptors (Lipinski definition) is 4. The Kier molecular flexibility index (Phi) is 8.75. The van der Waals surface area contributed by atoms with Crippen molar-refractivity contribution in [2.45, 2.75) is 51.8 Å². The Balaban J connectivity index is 1.20. The molecule has 1 saturated heterocycles. The minimum absolute atomic E-state index is 0.0787. The van der Waals surface area contributed by atoms with Crippen LogP contribution in [0.15, 0.2) is 36.4 Å². The molecular formula is C28H30Cl4N4O2. The molecule has 0 N–H and O–H groups in total. The number of rotatable bonds is 7. The van der Waals surface area contributed by atoms with E-state index in [0.717, 1.165) is 74.4 Å². The molecule has 38 heavy (non-hydrogen) atoms. The molecule has 0 unspecified atom stereocenters. The minimum Gasteiger partial charge on any atom is -0.490 e. The molecule has 0 saturated carbocycles. The normalized spacial score (nSPS) is 16.5. The SMILES string of the molecule is CC(=O)N1CCc2c(c(-c3ccc(Cl)c(Cl)c3)nn2CCCN2CCC(Oc3ccc(Cl)c(Cl)c3)CC2)C1. The molecule has 0 atom stereocenters. The third-order valence-corrected chi connectivity index (χ3v) is 8.82. The Morgan fingerprint density at radius 1 is 0.947 bits per heavy atom. The van der Waals surface area contributed by atoms with Gasteiger partial charge in [0.1, 0.15) is 11.9 Å². The molecule has 3 aromatic rings. The van der Waals surface area contributed by atoms with Gasteiger partial charge in [0.15, 0.2) is 0 Å². The highest BCUT2D eigenvalue weighted by atomic mass is 35.5. The van der Waals surface area contributed by atoms with Gasteiger partial charge in [0.25, 0.3) is 0 Å². The van der Waals surface area contributed by atoms with Crippen LogP contribution in [0.2, 0.25) is 20.1 Å². The average Bonchev–Trinajstić information content (AvgIpc) is 3.27. The number of aryl methyl sites for hydroxylation is 1. The van der Waals surface area contributed by atoms with E-state index in [1.54, 1.807) is 25.1 Å².